The van der Waals surface area contributed by atoms with E-state index in [1.54, 1.807) is 0 Å². The van der Waals surface area contributed by atoms with Crippen molar-refractivity contribution in [3.8, 4) is 5.75 Å². The van der Waals surface area contributed by atoms with E-state index in [4.69, 9.17) is 4.74 Å². The fourth-order valence-electron chi connectivity index (χ4n) is 2.06. The van der Waals surface area contributed by atoms with Crippen LogP contribution in [0.2, 0.25) is 0 Å². The second-order valence-corrected chi connectivity index (χ2v) is 4.19. The average Bonchev–Trinajstić information content (AvgIpc) is 2.33. The molecule has 0 aromatic heterocycles. The minimum absolute atomic E-state index is 0.463. The zero-order chi connectivity index (χ0) is 11.8. The Labute approximate surface area is 99.8 Å². The van der Waals surface area contributed by atoms with Gasteiger partial charge in [-0.1, -0.05) is 32.4 Å². The highest BCUT2D eigenvalue weighted by Crippen LogP contribution is 2.23. The van der Waals surface area contributed by atoms with Crippen LogP contribution in [0, 0.1) is 6.92 Å². The number of aryl methyl sites for hydroxylation is 1. The molecule has 0 bridgehead atoms. The molecule has 1 aromatic carbocycles. The molecule has 1 fully saturated rings. The van der Waals surface area contributed by atoms with Gasteiger partial charge in [0, 0.05) is 0 Å². The van der Waals surface area contributed by atoms with Crippen LogP contribution in [0.15, 0.2) is 24.3 Å². The van der Waals surface area contributed by atoms with E-state index in [-0.39, 0.29) is 0 Å². The highest BCUT2D eigenvalue weighted by molar-refractivity contribution is 5.27. The second-order valence-electron chi connectivity index (χ2n) is 4.19. The number of rotatable bonds is 2. The molecule has 1 heteroatoms. The van der Waals surface area contributed by atoms with Crippen molar-refractivity contribution in [3.05, 3.63) is 29.8 Å². The van der Waals surface area contributed by atoms with E-state index in [9.17, 15) is 0 Å². The minimum Gasteiger partial charge on any atom is -0.490 e. The number of ether oxygens (including phenoxy) is 1. The third-order valence-corrected chi connectivity index (χ3v) is 2.84. The smallest absolute Gasteiger partial charge is 0.119 e. The monoisotopic (exact) mass is 220 g/mol. The van der Waals surface area contributed by atoms with Crippen LogP contribution >= 0.6 is 0 Å². The van der Waals surface area contributed by atoms with E-state index < -0.39 is 0 Å². The molecule has 0 spiro atoms. The van der Waals surface area contributed by atoms with Crippen LogP contribution in [0.4, 0.5) is 0 Å². The Kier molecular flexibility index (Phi) is 5.99. The van der Waals surface area contributed by atoms with Crippen LogP contribution in [-0.2, 0) is 0 Å². The van der Waals surface area contributed by atoms with Gasteiger partial charge in [0.2, 0.25) is 0 Å². The maximum Gasteiger partial charge on any atom is 0.119 e. The van der Waals surface area contributed by atoms with Crippen LogP contribution < -0.4 is 4.74 Å². The van der Waals surface area contributed by atoms with E-state index in [1.165, 1.54) is 37.7 Å². The van der Waals surface area contributed by atoms with Gasteiger partial charge in [0.05, 0.1) is 6.10 Å². The van der Waals surface area contributed by atoms with Crippen molar-refractivity contribution in [2.24, 2.45) is 0 Å². The standard InChI is InChI=1S/C13H18O.C2H6/c1-11-6-5-9-13(10-11)14-12-7-3-2-4-8-12;1-2/h5-6,9-10,12H,2-4,7-8H2,1H3;1-2H3. The summed E-state index contributed by atoms with van der Waals surface area (Å²) in [5, 5.41) is 0. The molecule has 1 aliphatic carbocycles. The summed E-state index contributed by atoms with van der Waals surface area (Å²) in [5.41, 5.74) is 1.28. The van der Waals surface area contributed by atoms with Gasteiger partial charge in [-0.3, -0.25) is 0 Å². The lowest BCUT2D eigenvalue weighted by Gasteiger charge is -2.23. The third kappa shape index (κ3) is 4.26. The molecule has 0 amide bonds. The van der Waals surface area contributed by atoms with Crippen molar-refractivity contribution in [1.82, 2.24) is 0 Å². The Balaban J connectivity index is 0.000000606. The summed E-state index contributed by atoms with van der Waals surface area (Å²) < 4.78 is 5.94. The summed E-state index contributed by atoms with van der Waals surface area (Å²) in [7, 11) is 0. The van der Waals surface area contributed by atoms with E-state index in [2.05, 4.69) is 31.2 Å². The predicted molar refractivity (Wildman–Crippen MR) is 70.0 cm³/mol. The van der Waals surface area contributed by atoms with Gasteiger partial charge in [-0.15, -0.1) is 0 Å². The molecule has 0 radical (unpaired) electrons. The number of hydrogen-bond acceptors (Lipinski definition) is 1. The first-order chi connectivity index (χ1) is 7.84. The highest BCUT2D eigenvalue weighted by Gasteiger charge is 2.14. The van der Waals surface area contributed by atoms with E-state index in [0.29, 0.717) is 6.10 Å². The number of hydrogen-bond donors (Lipinski definition) is 0. The minimum atomic E-state index is 0.463. The summed E-state index contributed by atoms with van der Waals surface area (Å²) in [5.74, 6) is 1.04. The summed E-state index contributed by atoms with van der Waals surface area (Å²) in [4.78, 5) is 0. The SMILES string of the molecule is CC.Cc1cccc(OC2CCCCC2)c1. The zero-order valence-corrected chi connectivity index (χ0v) is 10.8. The van der Waals surface area contributed by atoms with Crippen molar-refractivity contribution < 1.29 is 4.74 Å². The van der Waals surface area contributed by atoms with Gasteiger partial charge in [0.15, 0.2) is 0 Å². The van der Waals surface area contributed by atoms with Crippen LogP contribution in [0.25, 0.3) is 0 Å². The normalized spacial score (nSPS) is 16.2. The van der Waals surface area contributed by atoms with Crippen LogP contribution in [-0.4, -0.2) is 6.10 Å². The lowest BCUT2D eigenvalue weighted by atomic mass is 9.98. The molecule has 16 heavy (non-hydrogen) atoms. The predicted octanol–water partition coefficient (Wildman–Crippen LogP) is 4.73. The van der Waals surface area contributed by atoms with Crippen molar-refractivity contribution in [1.29, 1.82) is 0 Å². The summed E-state index contributed by atoms with van der Waals surface area (Å²) in [6.07, 6.45) is 6.97. The molecule has 1 aliphatic rings. The molecule has 0 unspecified atom stereocenters. The van der Waals surface area contributed by atoms with Crippen molar-refractivity contribution in [2.45, 2.75) is 59.0 Å². The fraction of sp³-hybridized carbons (Fsp3) is 0.600. The molecule has 1 saturated carbocycles. The molecule has 0 heterocycles. The molecule has 2 rings (SSSR count). The first-order valence-electron chi connectivity index (χ1n) is 6.58. The highest BCUT2D eigenvalue weighted by atomic mass is 16.5. The Morgan fingerprint density at radius 2 is 1.75 bits per heavy atom. The van der Waals surface area contributed by atoms with Crippen LogP contribution in [0.5, 0.6) is 5.75 Å². The third-order valence-electron chi connectivity index (χ3n) is 2.84. The average molecular weight is 220 g/mol. The molecule has 0 N–H and O–H groups in total. The zero-order valence-electron chi connectivity index (χ0n) is 10.8. The lowest BCUT2D eigenvalue weighted by Crippen LogP contribution is -2.19. The summed E-state index contributed by atoms with van der Waals surface area (Å²) in [6, 6.07) is 8.34. The lowest BCUT2D eigenvalue weighted by molar-refractivity contribution is 0.155. The van der Waals surface area contributed by atoms with Gasteiger partial charge in [0.25, 0.3) is 0 Å². The van der Waals surface area contributed by atoms with E-state index in [0.717, 1.165) is 5.75 Å². The van der Waals surface area contributed by atoms with Gasteiger partial charge < -0.3 is 4.74 Å². The van der Waals surface area contributed by atoms with Crippen molar-refractivity contribution in [2.75, 3.05) is 0 Å². The van der Waals surface area contributed by atoms with Gasteiger partial charge in [-0.25, -0.2) is 0 Å². The summed E-state index contributed by atoms with van der Waals surface area (Å²) >= 11 is 0. The molecule has 0 aliphatic heterocycles. The van der Waals surface area contributed by atoms with E-state index in [1.807, 2.05) is 13.8 Å². The quantitative estimate of drug-likeness (QED) is 0.700. The topological polar surface area (TPSA) is 9.23 Å². The van der Waals surface area contributed by atoms with Gasteiger partial charge >= 0.3 is 0 Å². The molecule has 0 saturated heterocycles. The van der Waals surface area contributed by atoms with Crippen LogP contribution in [0.3, 0.4) is 0 Å². The van der Waals surface area contributed by atoms with Gasteiger partial charge in [-0.05, 0) is 50.3 Å². The van der Waals surface area contributed by atoms with Gasteiger partial charge in [-0.2, -0.15) is 0 Å². The Hall–Kier alpha value is -0.980. The largest absolute Gasteiger partial charge is 0.490 e. The molecular formula is C15H24O. The maximum atomic E-state index is 5.94. The summed E-state index contributed by atoms with van der Waals surface area (Å²) in [6.45, 7) is 6.10. The first kappa shape index (κ1) is 13.1. The fourth-order valence-corrected chi connectivity index (χ4v) is 2.06. The Morgan fingerprint density at radius 3 is 2.38 bits per heavy atom. The molecular weight excluding hydrogens is 196 g/mol. The Morgan fingerprint density at radius 1 is 1.06 bits per heavy atom. The van der Waals surface area contributed by atoms with E-state index >= 15 is 0 Å². The molecule has 1 nitrogen and oxygen atoms in total. The van der Waals surface area contributed by atoms with Crippen molar-refractivity contribution >= 4 is 0 Å². The molecule has 1 aromatic rings. The molecule has 90 valence electrons. The Bertz CT molecular complexity index is 287. The maximum absolute atomic E-state index is 5.94. The van der Waals surface area contributed by atoms with Crippen molar-refractivity contribution in [3.63, 3.8) is 0 Å². The first-order valence-corrected chi connectivity index (χ1v) is 6.58. The number of benzene rings is 1. The van der Waals surface area contributed by atoms with Gasteiger partial charge in [0.1, 0.15) is 5.75 Å². The molecule has 0 atom stereocenters. The second kappa shape index (κ2) is 7.32. The van der Waals surface area contributed by atoms with Crippen LogP contribution in [0.1, 0.15) is 51.5 Å².